The van der Waals surface area contributed by atoms with Gasteiger partial charge in [-0.1, -0.05) is 61.7 Å². The summed E-state index contributed by atoms with van der Waals surface area (Å²) in [5.41, 5.74) is 3.46. The molecule has 5 rings (SSSR count). The lowest BCUT2D eigenvalue weighted by Crippen LogP contribution is -2.22. The first-order chi connectivity index (χ1) is 14.6. The van der Waals surface area contributed by atoms with Crippen molar-refractivity contribution < 1.29 is 8.42 Å². The van der Waals surface area contributed by atoms with Gasteiger partial charge in [0.05, 0.1) is 15.9 Å². The number of nitrogens with zero attached hydrogens (tertiary/aromatic N) is 1. The molecule has 154 valence electrons. The van der Waals surface area contributed by atoms with Gasteiger partial charge >= 0.3 is 0 Å². The summed E-state index contributed by atoms with van der Waals surface area (Å²) >= 11 is 0. The molecule has 1 N–H and O–H groups in total. The summed E-state index contributed by atoms with van der Waals surface area (Å²) in [5.74, 6) is 0. The predicted molar refractivity (Wildman–Crippen MR) is 124 cm³/mol. The Labute approximate surface area is 177 Å². The third-order valence-electron chi connectivity index (χ3n) is 6.22. The van der Waals surface area contributed by atoms with E-state index in [4.69, 9.17) is 0 Å². The molecule has 0 amide bonds. The van der Waals surface area contributed by atoms with E-state index >= 15 is 0 Å². The van der Waals surface area contributed by atoms with Gasteiger partial charge in [-0.15, -0.1) is 0 Å². The summed E-state index contributed by atoms with van der Waals surface area (Å²) < 4.78 is 29.0. The van der Waals surface area contributed by atoms with Crippen LogP contribution < -0.4 is 5.32 Å². The molecule has 0 spiro atoms. The zero-order valence-electron chi connectivity index (χ0n) is 17.1. The van der Waals surface area contributed by atoms with Gasteiger partial charge in [0, 0.05) is 22.5 Å². The van der Waals surface area contributed by atoms with E-state index in [1.165, 1.54) is 23.2 Å². The maximum Gasteiger partial charge on any atom is 0.268 e. The highest BCUT2D eigenvalue weighted by Gasteiger charge is 2.26. The van der Waals surface area contributed by atoms with Crippen LogP contribution in [-0.2, 0) is 10.0 Å². The highest BCUT2D eigenvalue weighted by Crippen LogP contribution is 2.39. The van der Waals surface area contributed by atoms with Crippen molar-refractivity contribution in [2.45, 2.75) is 50.0 Å². The van der Waals surface area contributed by atoms with Crippen LogP contribution in [0, 0.1) is 6.92 Å². The lowest BCUT2D eigenvalue weighted by molar-refractivity contribution is 0.463. The standard InChI is InChI=1S/C25H26N2O2S/c1-18-10-8-15-21-24-22(26-19-11-4-2-5-12-19)16-9-17-23(24)27(25(18)21)30(28,29)20-13-6-3-7-14-20/h3,6-10,13-17,19,26H,2,4-5,11-12H2,1H3. The van der Waals surface area contributed by atoms with Gasteiger partial charge < -0.3 is 5.32 Å². The molecule has 0 unspecified atom stereocenters. The highest BCUT2D eigenvalue weighted by atomic mass is 32.2. The predicted octanol–water partition coefficient (Wildman–Crippen LogP) is 6.08. The molecular formula is C25H26N2O2S. The minimum absolute atomic E-state index is 0.303. The van der Waals surface area contributed by atoms with Gasteiger partial charge in [0.15, 0.2) is 0 Å². The zero-order chi connectivity index (χ0) is 20.7. The molecule has 4 aromatic rings. The number of aryl methyl sites for hydroxylation is 1. The number of fused-ring (bicyclic) bond motifs is 3. The van der Waals surface area contributed by atoms with Crippen LogP contribution in [0.4, 0.5) is 5.69 Å². The normalized spacial score (nSPS) is 15.6. The lowest BCUT2D eigenvalue weighted by atomic mass is 9.95. The Morgan fingerprint density at radius 3 is 2.37 bits per heavy atom. The summed E-state index contributed by atoms with van der Waals surface area (Å²) in [5, 5.41) is 5.69. The van der Waals surface area contributed by atoms with Crippen molar-refractivity contribution in [3.8, 4) is 0 Å². The molecule has 1 aliphatic rings. The third-order valence-corrected chi connectivity index (χ3v) is 7.95. The van der Waals surface area contributed by atoms with Crippen LogP contribution in [0.25, 0.3) is 21.8 Å². The zero-order valence-corrected chi connectivity index (χ0v) is 18.0. The van der Waals surface area contributed by atoms with Gasteiger partial charge in [-0.3, -0.25) is 0 Å². The fourth-order valence-corrected chi connectivity index (χ4v) is 6.38. The SMILES string of the molecule is Cc1cccc2c3c(NC4CCCCC4)cccc3n(S(=O)(=O)c3ccccc3)c12. The minimum Gasteiger partial charge on any atom is -0.382 e. The first kappa shape index (κ1) is 19.2. The molecule has 1 fully saturated rings. The largest absolute Gasteiger partial charge is 0.382 e. The Morgan fingerprint density at radius 1 is 0.867 bits per heavy atom. The van der Waals surface area contributed by atoms with Gasteiger partial charge in [0.1, 0.15) is 0 Å². The van der Waals surface area contributed by atoms with Crippen molar-refractivity contribution in [3.63, 3.8) is 0 Å². The van der Waals surface area contributed by atoms with E-state index in [0.717, 1.165) is 45.9 Å². The van der Waals surface area contributed by atoms with Gasteiger partial charge in [-0.2, -0.15) is 0 Å². The van der Waals surface area contributed by atoms with E-state index in [1.807, 2.05) is 43.3 Å². The van der Waals surface area contributed by atoms with E-state index in [2.05, 4.69) is 11.4 Å². The molecule has 4 nitrogen and oxygen atoms in total. The molecule has 0 radical (unpaired) electrons. The summed E-state index contributed by atoms with van der Waals surface area (Å²) in [6, 6.07) is 21.1. The van der Waals surface area contributed by atoms with Gasteiger partial charge in [0.2, 0.25) is 0 Å². The summed E-state index contributed by atoms with van der Waals surface area (Å²) in [7, 11) is -3.73. The molecule has 1 aliphatic carbocycles. The topological polar surface area (TPSA) is 51.1 Å². The number of nitrogens with one attached hydrogen (secondary N) is 1. The van der Waals surface area contributed by atoms with E-state index in [9.17, 15) is 8.42 Å². The van der Waals surface area contributed by atoms with Crippen molar-refractivity contribution in [2.24, 2.45) is 0 Å². The van der Waals surface area contributed by atoms with Crippen LogP contribution in [0.5, 0.6) is 0 Å². The Balaban J connectivity index is 1.80. The Morgan fingerprint density at radius 2 is 1.60 bits per heavy atom. The highest BCUT2D eigenvalue weighted by molar-refractivity contribution is 7.90. The van der Waals surface area contributed by atoms with Gasteiger partial charge in [-0.05, 0) is 49.6 Å². The second kappa shape index (κ2) is 7.47. The lowest BCUT2D eigenvalue weighted by Gasteiger charge is -2.24. The molecule has 3 aromatic carbocycles. The molecule has 5 heteroatoms. The van der Waals surface area contributed by atoms with Crippen molar-refractivity contribution in [2.75, 3.05) is 5.32 Å². The minimum atomic E-state index is -3.73. The van der Waals surface area contributed by atoms with Crippen LogP contribution in [0.3, 0.4) is 0 Å². The smallest absolute Gasteiger partial charge is 0.268 e. The molecule has 1 aromatic heterocycles. The number of anilines is 1. The van der Waals surface area contributed by atoms with Gasteiger partial charge in [-0.25, -0.2) is 12.4 Å². The second-order valence-electron chi connectivity index (χ2n) is 8.23. The summed E-state index contributed by atoms with van der Waals surface area (Å²) in [6.07, 6.45) is 6.12. The van der Waals surface area contributed by atoms with Crippen LogP contribution in [-0.4, -0.2) is 18.4 Å². The Kier molecular flexibility index (Phi) is 4.78. The van der Waals surface area contributed by atoms with Crippen LogP contribution in [0.2, 0.25) is 0 Å². The molecule has 0 atom stereocenters. The van der Waals surface area contributed by atoms with Gasteiger partial charge in [0.25, 0.3) is 10.0 Å². The van der Waals surface area contributed by atoms with E-state index in [0.29, 0.717) is 10.9 Å². The van der Waals surface area contributed by atoms with Crippen molar-refractivity contribution in [1.29, 1.82) is 0 Å². The molecule has 1 heterocycles. The quantitative estimate of drug-likeness (QED) is 0.437. The maximum absolute atomic E-state index is 13.7. The second-order valence-corrected chi connectivity index (χ2v) is 10.0. The average Bonchev–Trinajstić information content (AvgIpc) is 3.13. The summed E-state index contributed by atoms with van der Waals surface area (Å²) in [6.45, 7) is 1.98. The molecule has 0 saturated heterocycles. The number of para-hydroxylation sites is 1. The number of benzene rings is 3. The van der Waals surface area contributed by atoms with Crippen molar-refractivity contribution in [3.05, 3.63) is 72.3 Å². The van der Waals surface area contributed by atoms with E-state index in [-0.39, 0.29) is 0 Å². The number of hydrogen-bond donors (Lipinski definition) is 1. The van der Waals surface area contributed by atoms with Crippen LogP contribution >= 0.6 is 0 Å². The molecule has 30 heavy (non-hydrogen) atoms. The number of hydrogen-bond acceptors (Lipinski definition) is 3. The van der Waals surface area contributed by atoms with E-state index < -0.39 is 10.0 Å². The van der Waals surface area contributed by atoms with Crippen LogP contribution in [0.15, 0.2) is 71.6 Å². The van der Waals surface area contributed by atoms with Crippen LogP contribution in [0.1, 0.15) is 37.7 Å². The molecule has 0 aliphatic heterocycles. The van der Waals surface area contributed by atoms with Crippen molar-refractivity contribution >= 4 is 37.5 Å². The Bertz CT molecular complexity index is 1320. The number of aromatic nitrogens is 1. The average molecular weight is 419 g/mol. The Hall–Kier alpha value is -2.79. The fourth-order valence-electron chi connectivity index (χ4n) is 4.78. The first-order valence-electron chi connectivity index (χ1n) is 10.7. The fraction of sp³-hybridized carbons (Fsp3) is 0.280. The van der Waals surface area contributed by atoms with E-state index in [1.54, 1.807) is 24.3 Å². The molecule has 1 saturated carbocycles. The summed E-state index contributed by atoms with van der Waals surface area (Å²) in [4.78, 5) is 0.303. The monoisotopic (exact) mass is 418 g/mol. The molecule has 0 bridgehead atoms. The maximum atomic E-state index is 13.7. The van der Waals surface area contributed by atoms with Crippen molar-refractivity contribution in [1.82, 2.24) is 3.97 Å². The molecular weight excluding hydrogens is 392 g/mol. The first-order valence-corrected chi connectivity index (χ1v) is 12.1. The third kappa shape index (κ3) is 3.08. The number of rotatable bonds is 4.